The van der Waals surface area contributed by atoms with E-state index in [1.165, 1.54) is 12.1 Å². The van der Waals surface area contributed by atoms with Crippen LogP contribution in [0.4, 0.5) is 4.39 Å². The van der Waals surface area contributed by atoms with Gasteiger partial charge in [0.2, 0.25) is 0 Å². The third-order valence-corrected chi connectivity index (χ3v) is 7.69. The molecule has 7 nitrogen and oxygen atoms in total. The Morgan fingerprint density at radius 2 is 1.54 bits per heavy atom. The Labute approximate surface area is 236 Å². The highest BCUT2D eigenvalue weighted by molar-refractivity contribution is 6.11. The first-order valence-electron chi connectivity index (χ1n) is 13.6. The fourth-order valence-electron chi connectivity index (χ4n) is 4.92. The molecule has 0 bridgehead atoms. The van der Waals surface area contributed by atoms with Gasteiger partial charge in [-0.05, 0) is 66.4 Å². The van der Waals surface area contributed by atoms with E-state index in [-0.39, 0.29) is 48.7 Å². The molecule has 0 spiro atoms. The van der Waals surface area contributed by atoms with Crippen molar-refractivity contribution in [2.24, 2.45) is 5.41 Å². The van der Waals surface area contributed by atoms with Gasteiger partial charge in [0.15, 0.2) is 17.3 Å². The van der Waals surface area contributed by atoms with E-state index in [1.54, 1.807) is 48.7 Å². The lowest BCUT2D eigenvalue weighted by molar-refractivity contribution is -0.133. The minimum Gasteiger partial charge on any atom is -0.457 e. The zero-order valence-corrected chi connectivity index (χ0v) is 22.3. The van der Waals surface area contributed by atoms with Crippen molar-refractivity contribution in [2.75, 3.05) is 19.8 Å². The van der Waals surface area contributed by atoms with Crippen molar-refractivity contribution in [3.63, 3.8) is 0 Å². The number of hydrogen-bond donors (Lipinski definition) is 0. The largest absolute Gasteiger partial charge is 0.457 e. The molecule has 1 aromatic heterocycles. The minimum absolute atomic E-state index is 0.00585. The number of aromatic nitrogens is 1. The summed E-state index contributed by atoms with van der Waals surface area (Å²) in [5, 5.41) is 0.756. The highest BCUT2D eigenvalue weighted by atomic mass is 19.1. The van der Waals surface area contributed by atoms with Crippen molar-refractivity contribution in [3.8, 4) is 11.5 Å². The molecule has 208 valence electrons. The molecule has 2 fully saturated rings. The summed E-state index contributed by atoms with van der Waals surface area (Å²) in [6.45, 7) is 1.03. The summed E-state index contributed by atoms with van der Waals surface area (Å²) >= 11 is 0. The highest BCUT2D eigenvalue weighted by Crippen LogP contribution is 2.48. The molecular weight excluding hydrogens is 525 g/mol. The maximum atomic E-state index is 13.2. The van der Waals surface area contributed by atoms with Crippen molar-refractivity contribution in [1.82, 2.24) is 4.98 Å². The Morgan fingerprint density at radius 3 is 2.15 bits per heavy atom. The van der Waals surface area contributed by atoms with Crippen LogP contribution in [-0.4, -0.2) is 48.3 Å². The number of nitrogens with zero attached hydrogens (tertiary/aromatic N) is 1. The molecule has 4 aromatic rings. The third kappa shape index (κ3) is 5.94. The van der Waals surface area contributed by atoms with Gasteiger partial charge in [-0.3, -0.25) is 19.4 Å². The van der Waals surface area contributed by atoms with Crippen LogP contribution >= 0.6 is 0 Å². The second-order valence-corrected chi connectivity index (χ2v) is 10.6. The molecule has 8 heteroatoms. The van der Waals surface area contributed by atoms with Gasteiger partial charge in [0.25, 0.3) is 0 Å². The third-order valence-electron chi connectivity index (χ3n) is 7.69. The second-order valence-electron chi connectivity index (χ2n) is 10.6. The zero-order valence-electron chi connectivity index (χ0n) is 22.3. The minimum atomic E-state index is -0.933. The molecule has 1 saturated carbocycles. The molecular formula is C33H28FNO6. The van der Waals surface area contributed by atoms with Gasteiger partial charge in [-0.1, -0.05) is 30.3 Å². The average molecular weight is 554 g/mol. The fraction of sp³-hybridized carbons (Fsp3) is 0.273. The van der Waals surface area contributed by atoms with Crippen LogP contribution in [0.25, 0.3) is 10.9 Å². The summed E-state index contributed by atoms with van der Waals surface area (Å²) in [5.74, 6) is 0.495. The monoisotopic (exact) mass is 553 g/mol. The topological polar surface area (TPSA) is 91.8 Å². The molecule has 3 aromatic carbocycles. The van der Waals surface area contributed by atoms with Crippen molar-refractivity contribution >= 4 is 28.3 Å². The average Bonchev–Trinajstić information content (AvgIpc) is 3.77. The van der Waals surface area contributed by atoms with Gasteiger partial charge in [0.05, 0.1) is 24.1 Å². The molecule has 1 aliphatic heterocycles. The number of Topliss-reactive ketones (excluding diaryl/α,β-unsaturated/α-hetero) is 3. The number of ketones is 3. The van der Waals surface area contributed by atoms with Gasteiger partial charge >= 0.3 is 0 Å². The Kier molecular flexibility index (Phi) is 7.43. The summed E-state index contributed by atoms with van der Waals surface area (Å²) in [7, 11) is 0. The molecule has 0 unspecified atom stereocenters. The number of pyridine rings is 1. The summed E-state index contributed by atoms with van der Waals surface area (Å²) in [5.41, 5.74) is 1.71. The van der Waals surface area contributed by atoms with Crippen LogP contribution in [0.15, 0.2) is 79.0 Å². The number of fused-ring (bicyclic) bond motifs is 1. The van der Waals surface area contributed by atoms with E-state index >= 15 is 0 Å². The predicted octanol–water partition coefficient (Wildman–Crippen LogP) is 5.47. The molecule has 2 aliphatic rings. The quantitative estimate of drug-likeness (QED) is 0.170. The lowest BCUT2D eigenvalue weighted by Crippen LogP contribution is -2.37. The lowest BCUT2D eigenvalue weighted by Gasteiger charge is -2.25. The first kappa shape index (κ1) is 26.9. The zero-order chi connectivity index (χ0) is 28.4. The van der Waals surface area contributed by atoms with Gasteiger partial charge in [-0.15, -0.1) is 0 Å². The van der Waals surface area contributed by atoms with E-state index in [2.05, 4.69) is 4.98 Å². The van der Waals surface area contributed by atoms with E-state index in [1.807, 2.05) is 18.2 Å². The van der Waals surface area contributed by atoms with Crippen molar-refractivity contribution in [3.05, 3.63) is 102 Å². The van der Waals surface area contributed by atoms with Gasteiger partial charge in [0.1, 0.15) is 30.0 Å². The van der Waals surface area contributed by atoms with Crippen LogP contribution in [0.5, 0.6) is 11.5 Å². The van der Waals surface area contributed by atoms with Crippen LogP contribution in [-0.2, 0) is 31.9 Å². The molecule has 0 N–H and O–H groups in total. The Morgan fingerprint density at radius 1 is 0.878 bits per heavy atom. The van der Waals surface area contributed by atoms with Crippen molar-refractivity contribution in [2.45, 2.75) is 31.8 Å². The number of ether oxygens (including phenoxy) is 3. The van der Waals surface area contributed by atoms with Crippen LogP contribution in [0.3, 0.4) is 0 Å². The standard InChI is InChI=1S/C33H28FNO6/c34-24-6-1-21(2-7-24)15-31(37)33(12-13-33)32(38)16-22-3-8-25(9-4-22)41-30-11-14-35-28-17-23(5-10-27(28)30)29(36)20-40-26-18-39-19-26/h1-11,14,17,26H,12-13,15-16,18-20H2. The summed E-state index contributed by atoms with van der Waals surface area (Å²) in [6.07, 6.45) is 2.99. The molecule has 6 rings (SSSR count). The first-order valence-corrected chi connectivity index (χ1v) is 13.6. The summed E-state index contributed by atoms with van der Waals surface area (Å²) in [6, 6.07) is 20.1. The Hall–Kier alpha value is -4.27. The number of hydrogen-bond acceptors (Lipinski definition) is 7. The predicted molar refractivity (Wildman–Crippen MR) is 149 cm³/mol. The van der Waals surface area contributed by atoms with E-state index in [0.717, 1.165) is 10.9 Å². The molecule has 0 atom stereocenters. The van der Waals surface area contributed by atoms with Crippen LogP contribution < -0.4 is 4.74 Å². The number of carbonyl (C=O) groups is 3. The molecule has 0 radical (unpaired) electrons. The normalized spacial score (nSPS) is 15.7. The number of carbonyl (C=O) groups excluding carboxylic acids is 3. The maximum absolute atomic E-state index is 13.2. The van der Waals surface area contributed by atoms with Crippen LogP contribution in [0.1, 0.15) is 34.3 Å². The molecule has 2 heterocycles. The van der Waals surface area contributed by atoms with E-state index in [4.69, 9.17) is 14.2 Å². The first-order chi connectivity index (χ1) is 19.9. The van der Waals surface area contributed by atoms with Crippen LogP contribution in [0, 0.1) is 11.2 Å². The van der Waals surface area contributed by atoms with Crippen molar-refractivity contribution in [1.29, 1.82) is 0 Å². The molecule has 41 heavy (non-hydrogen) atoms. The van der Waals surface area contributed by atoms with Gasteiger partial charge < -0.3 is 14.2 Å². The summed E-state index contributed by atoms with van der Waals surface area (Å²) in [4.78, 5) is 43.0. The number of benzene rings is 3. The molecule has 1 aliphatic carbocycles. The second kappa shape index (κ2) is 11.3. The van der Waals surface area contributed by atoms with E-state index < -0.39 is 5.41 Å². The SMILES string of the molecule is O=C(COC1COC1)c1ccc2c(Oc3ccc(CC(=O)C4(C(=O)Cc5ccc(F)cc5)CC4)cc3)ccnc2c1. The highest BCUT2D eigenvalue weighted by Gasteiger charge is 2.54. The maximum Gasteiger partial charge on any atom is 0.188 e. The number of rotatable bonds is 12. The van der Waals surface area contributed by atoms with Crippen molar-refractivity contribution < 1.29 is 33.0 Å². The summed E-state index contributed by atoms with van der Waals surface area (Å²) < 4.78 is 29.9. The smallest absolute Gasteiger partial charge is 0.188 e. The van der Waals surface area contributed by atoms with Gasteiger partial charge in [-0.25, -0.2) is 4.39 Å². The molecule has 0 amide bonds. The Bertz CT molecular complexity index is 1610. The van der Waals surface area contributed by atoms with Gasteiger partial charge in [0, 0.05) is 30.0 Å². The lowest BCUT2D eigenvalue weighted by atomic mass is 9.88. The Balaban J connectivity index is 1.08. The number of halogens is 1. The van der Waals surface area contributed by atoms with Gasteiger partial charge in [-0.2, -0.15) is 0 Å². The van der Waals surface area contributed by atoms with E-state index in [9.17, 15) is 18.8 Å². The van der Waals surface area contributed by atoms with E-state index in [0.29, 0.717) is 54.2 Å². The fourth-order valence-corrected chi connectivity index (χ4v) is 4.92. The molecule has 1 saturated heterocycles. The van der Waals surface area contributed by atoms with Crippen LogP contribution in [0.2, 0.25) is 0 Å².